The van der Waals surface area contributed by atoms with Gasteiger partial charge in [-0.25, -0.2) is 0 Å². The van der Waals surface area contributed by atoms with Crippen LogP contribution in [0.1, 0.15) is 37.0 Å². The van der Waals surface area contributed by atoms with Crippen LogP contribution in [-0.4, -0.2) is 17.1 Å². The van der Waals surface area contributed by atoms with Gasteiger partial charge in [-0.15, -0.1) is 0 Å². The molecule has 0 aliphatic rings. The summed E-state index contributed by atoms with van der Waals surface area (Å²) in [6.07, 6.45) is -4.43. The Kier molecular flexibility index (Phi) is 6.71. The minimum absolute atomic E-state index is 0.0329. The summed E-state index contributed by atoms with van der Waals surface area (Å²) in [5.74, 6) is -0.175. The third-order valence-corrected chi connectivity index (χ3v) is 3.85. The van der Waals surface area contributed by atoms with E-state index < -0.39 is 17.6 Å². The molecule has 0 aliphatic carbocycles. The van der Waals surface area contributed by atoms with Crippen LogP contribution in [-0.2, 0) is 23.9 Å². The summed E-state index contributed by atoms with van der Waals surface area (Å²) in [4.78, 5) is 12.0. The van der Waals surface area contributed by atoms with E-state index in [4.69, 9.17) is 4.74 Å². The highest BCUT2D eigenvalue weighted by Gasteiger charge is 2.33. The monoisotopic (exact) mass is 381 g/mol. The van der Waals surface area contributed by atoms with Gasteiger partial charge in [0, 0.05) is 13.0 Å². The molecule has 27 heavy (non-hydrogen) atoms. The molecule has 2 N–H and O–H groups in total. The second-order valence-electron chi connectivity index (χ2n) is 6.39. The van der Waals surface area contributed by atoms with Crippen molar-refractivity contribution in [2.45, 2.75) is 45.5 Å². The number of phenolic OH excluding ortho intramolecular Hbond substituents is 1. The Morgan fingerprint density at radius 1 is 1.15 bits per heavy atom. The van der Waals surface area contributed by atoms with Crippen molar-refractivity contribution in [3.8, 4) is 11.5 Å². The Bertz CT molecular complexity index is 788. The van der Waals surface area contributed by atoms with Crippen molar-refractivity contribution in [1.82, 2.24) is 5.32 Å². The van der Waals surface area contributed by atoms with Gasteiger partial charge in [0.1, 0.15) is 11.5 Å². The van der Waals surface area contributed by atoms with Crippen LogP contribution in [0.2, 0.25) is 0 Å². The van der Waals surface area contributed by atoms with Crippen molar-refractivity contribution >= 4 is 5.91 Å². The maximum Gasteiger partial charge on any atom is 0.416 e. The van der Waals surface area contributed by atoms with Gasteiger partial charge in [-0.2, -0.15) is 13.2 Å². The third kappa shape index (κ3) is 6.20. The van der Waals surface area contributed by atoms with Crippen LogP contribution in [0, 0.1) is 0 Å². The molecule has 146 valence electrons. The SMILES string of the molecule is CC(C)Oc1ccc(CNC(=O)CCc2ccccc2O)c(C(F)(F)F)c1. The average Bonchev–Trinajstić information content (AvgIpc) is 2.58. The maximum absolute atomic E-state index is 13.3. The van der Waals surface area contributed by atoms with Crippen LogP contribution in [0.15, 0.2) is 42.5 Å². The number of phenols is 1. The summed E-state index contributed by atoms with van der Waals surface area (Å²) >= 11 is 0. The zero-order valence-electron chi connectivity index (χ0n) is 15.1. The van der Waals surface area contributed by atoms with E-state index in [0.717, 1.165) is 6.07 Å². The zero-order chi connectivity index (χ0) is 20.0. The number of nitrogens with one attached hydrogen (secondary N) is 1. The molecule has 0 bridgehead atoms. The van der Waals surface area contributed by atoms with E-state index in [2.05, 4.69) is 5.32 Å². The molecule has 0 heterocycles. The first kappa shape index (κ1) is 20.6. The third-order valence-electron chi connectivity index (χ3n) is 3.85. The second kappa shape index (κ2) is 8.79. The Labute approximate surface area is 156 Å². The highest BCUT2D eigenvalue weighted by molar-refractivity contribution is 5.76. The number of rotatable bonds is 7. The maximum atomic E-state index is 13.3. The fourth-order valence-electron chi connectivity index (χ4n) is 2.57. The van der Waals surface area contributed by atoms with E-state index in [9.17, 15) is 23.1 Å². The topological polar surface area (TPSA) is 58.6 Å². The molecular weight excluding hydrogens is 359 g/mol. The highest BCUT2D eigenvalue weighted by Crippen LogP contribution is 2.34. The Balaban J connectivity index is 2.01. The molecule has 0 aliphatic heterocycles. The number of aryl methyl sites for hydroxylation is 1. The van der Waals surface area contributed by atoms with Crippen molar-refractivity contribution in [2.75, 3.05) is 0 Å². The number of para-hydroxylation sites is 1. The fraction of sp³-hybridized carbons (Fsp3) is 0.350. The van der Waals surface area contributed by atoms with E-state index in [-0.39, 0.29) is 36.1 Å². The Morgan fingerprint density at radius 2 is 1.85 bits per heavy atom. The van der Waals surface area contributed by atoms with Gasteiger partial charge in [-0.05, 0) is 49.6 Å². The molecule has 0 atom stereocenters. The van der Waals surface area contributed by atoms with Crippen LogP contribution in [0.4, 0.5) is 13.2 Å². The lowest BCUT2D eigenvalue weighted by atomic mass is 10.1. The highest BCUT2D eigenvalue weighted by atomic mass is 19.4. The first-order chi connectivity index (χ1) is 12.7. The van der Waals surface area contributed by atoms with Gasteiger partial charge < -0.3 is 15.2 Å². The van der Waals surface area contributed by atoms with Gasteiger partial charge in [0.25, 0.3) is 0 Å². The number of carbonyl (C=O) groups is 1. The number of benzene rings is 2. The number of amides is 1. The first-order valence-corrected chi connectivity index (χ1v) is 8.57. The van der Waals surface area contributed by atoms with Crippen LogP contribution in [0.3, 0.4) is 0 Å². The first-order valence-electron chi connectivity index (χ1n) is 8.57. The second-order valence-corrected chi connectivity index (χ2v) is 6.39. The molecule has 0 spiro atoms. The van der Waals surface area contributed by atoms with Gasteiger partial charge in [-0.1, -0.05) is 24.3 Å². The molecule has 0 radical (unpaired) electrons. The number of hydrogen-bond acceptors (Lipinski definition) is 3. The number of hydrogen-bond donors (Lipinski definition) is 2. The normalized spacial score (nSPS) is 11.5. The standard InChI is InChI=1S/C20H22F3NO3/c1-13(2)27-16-9-7-15(17(11-16)20(21,22)23)12-24-19(26)10-8-14-5-3-4-6-18(14)25/h3-7,9,11,13,25H,8,10,12H2,1-2H3,(H,24,26). The molecule has 0 saturated carbocycles. The molecular formula is C20H22F3NO3. The minimum Gasteiger partial charge on any atom is -0.508 e. The van der Waals surface area contributed by atoms with Crippen LogP contribution >= 0.6 is 0 Å². The predicted molar refractivity (Wildman–Crippen MR) is 95.5 cm³/mol. The summed E-state index contributed by atoms with van der Waals surface area (Å²) in [5, 5.41) is 12.2. The molecule has 2 aromatic rings. The summed E-state index contributed by atoms with van der Waals surface area (Å²) in [6.45, 7) is 3.22. The minimum atomic E-state index is -4.55. The van der Waals surface area contributed by atoms with E-state index in [1.165, 1.54) is 18.2 Å². The lowest BCUT2D eigenvalue weighted by Crippen LogP contribution is -2.24. The van der Waals surface area contributed by atoms with E-state index in [1.54, 1.807) is 32.0 Å². The largest absolute Gasteiger partial charge is 0.508 e. The molecule has 4 nitrogen and oxygen atoms in total. The van der Waals surface area contributed by atoms with Crippen LogP contribution < -0.4 is 10.1 Å². The quantitative estimate of drug-likeness (QED) is 0.745. The molecule has 7 heteroatoms. The lowest BCUT2D eigenvalue weighted by molar-refractivity contribution is -0.138. The van der Waals surface area contributed by atoms with E-state index >= 15 is 0 Å². The summed E-state index contributed by atoms with van der Waals surface area (Å²) in [7, 11) is 0. The molecule has 2 rings (SSSR count). The Hall–Kier alpha value is -2.70. The predicted octanol–water partition coefficient (Wildman–Crippen LogP) is 4.45. The number of alkyl halides is 3. The molecule has 0 unspecified atom stereocenters. The molecule has 2 aromatic carbocycles. The lowest BCUT2D eigenvalue weighted by Gasteiger charge is -2.17. The van der Waals surface area contributed by atoms with E-state index in [0.29, 0.717) is 12.0 Å². The molecule has 0 saturated heterocycles. The zero-order valence-corrected chi connectivity index (χ0v) is 15.1. The number of carbonyl (C=O) groups excluding carboxylic acids is 1. The van der Waals surface area contributed by atoms with E-state index in [1.807, 2.05) is 0 Å². The van der Waals surface area contributed by atoms with Crippen molar-refractivity contribution in [1.29, 1.82) is 0 Å². The number of aromatic hydroxyl groups is 1. The van der Waals surface area contributed by atoms with Crippen molar-refractivity contribution in [3.05, 3.63) is 59.2 Å². The number of halogens is 3. The summed E-state index contributed by atoms with van der Waals surface area (Å²) in [6, 6.07) is 10.3. The number of ether oxygens (including phenoxy) is 1. The molecule has 1 amide bonds. The van der Waals surface area contributed by atoms with Crippen molar-refractivity contribution in [2.24, 2.45) is 0 Å². The smallest absolute Gasteiger partial charge is 0.416 e. The van der Waals surface area contributed by atoms with Gasteiger partial charge in [0.05, 0.1) is 11.7 Å². The van der Waals surface area contributed by atoms with Crippen LogP contribution in [0.25, 0.3) is 0 Å². The van der Waals surface area contributed by atoms with Gasteiger partial charge in [0.2, 0.25) is 5.91 Å². The molecule has 0 aromatic heterocycles. The molecule has 0 fully saturated rings. The average molecular weight is 381 g/mol. The van der Waals surface area contributed by atoms with Gasteiger partial charge >= 0.3 is 6.18 Å². The van der Waals surface area contributed by atoms with Gasteiger partial charge in [-0.3, -0.25) is 4.79 Å². The van der Waals surface area contributed by atoms with Gasteiger partial charge in [0.15, 0.2) is 0 Å². The van der Waals surface area contributed by atoms with Crippen LogP contribution in [0.5, 0.6) is 11.5 Å². The summed E-state index contributed by atoms with van der Waals surface area (Å²) in [5.41, 5.74) is -0.255. The Morgan fingerprint density at radius 3 is 2.48 bits per heavy atom. The summed E-state index contributed by atoms with van der Waals surface area (Å²) < 4.78 is 45.2. The van der Waals surface area contributed by atoms with Crippen molar-refractivity contribution in [3.63, 3.8) is 0 Å². The fourth-order valence-corrected chi connectivity index (χ4v) is 2.57. The van der Waals surface area contributed by atoms with Crippen molar-refractivity contribution < 1.29 is 27.8 Å².